The standard InChI is InChI=1S/C15H22N6S/c1-10(2)14-21-20-13(22-14)9-19-15(16-4)18-8-12-11(3)6-5-7-17-12/h5-7,10H,8-9H2,1-4H3,(H2,16,18,19). The van der Waals surface area contributed by atoms with E-state index in [1.54, 1.807) is 24.6 Å². The summed E-state index contributed by atoms with van der Waals surface area (Å²) in [7, 11) is 1.75. The van der Waals surface area contributed by atoms with Crippen molar-refractivity contribution in [1.29, 1.82) is 0 Å². The van der Waals surface area contributed by atoms with Gasteiger partial charge >= 0.3 is 0 Å². The fourth-order valence-corrected chi connectivity index (χ4v) is 2.61. The molecule has 2 N–H and O–H groups in total. The Balaban J connectivity index is 1.86. The van der Waals surface area contributed by atoms with Crippen LogP contribution in [0.2, 0.25) is 0 Å². The van der Waals surface area contributed by atoms with Gasteiger partial charge in [-0.3, -0.25) is 9.98 Å². The zero-order valence-electron chi connectivity index (χ0n) is 13.4. The molecule has 2 aromatic rings. The van der Waals surface area contributed by atoms with Gasteiger partial charge in [0.15, 0.2) is 5.96 Å². The Labute approximate surface area is 135 Å². The van der Waals surface area contributed by atoms with Crippen molar-refractivity contribution in [2.24, 2.45) is 4.99 Å². The highest BCUT2D eigenvalue weighted by molar-refractivity contribution is 7.11. The van der Waals surface area contributed by atoms with E-state index in [1.807, 2.05) is 6.07 Å². The van der Waals surface area contributed by atoms with Crippen LogP contribution in [0.5, 0.6) is 0 Å². The fourth-order valence-electron chi connectivity index (χ4n) is 1.82. The highest BCUT2D eigenvalue weighted by atomic mass is 32.1. The van der Waals surface area contributed by atoms with E-state index in [2.05, 4.69) is 57.6 Å². The second kappa shape index (κ2) is 7.84. The summed E-state index contributed by atoms with van der Waals surface area (Å²) in [4.78, 5) is 8.57. The van der Waals surface area contributed by atoms with Gasteiger partial charge in [0.1, 0.15) is 10.0 Å². The molecule has 22 heavy (non-hydrogen) atoms. The Morgan fingerprint density at radius 1 is 1.27 bits per heavy atom. The third kappa shape index (κ3) is 4.49. The Bertz CT molecular complexity index is 634. The second-order valence-electron chi connectivity index (χ2n) is 5.24. The fraction of sp³-hybridized carbons (Fsp3) is 0.467. The predicted octanol–water partition coefficient (Wildman–Crippen LogP) is 2.23. The van der Waals surface area contributed by atoms with Gasteiger partial charge in [0, 0.05) is 19.2 Å². The maximum absolute atomic E-state index is 4.36. The van der Waals surface area contributed by atoms with Crippen LogP contribution in [-0.4, -0.2) is 28.2 Å². The zero-order valence-corrected chi connectivity index (χ0v) is 14.2. The number of guanidine groups is 1. The van der Waals surface area contributed by atoms with Crippen LogP contribution in [0.25, 0.3) is 0 Å². The summed E-state index contributed by atoms with van der Waals surface area (Å²) in [6, 6.07) is 3.99. The van der Waals surface area contributed by atoms with Crippen LogP contribution in [0, 0.1) is 6.92 Å². The lowest BCUT2D eigenvalue weighted by molar-refractivity contribution is 0.774. The lowest BCUT2D eigenvalue weighted by Gasteiger charge is -2.11. The molecule has 0 amide bonds. The first-order valence-corrected chi connectivity index (χ1v) is 8.09. The molecule has 0 aromatic carbocycles. The van der Waals surface area contributed by atoms with Crippen molar-refractivity contribution in [3.63, 3.8) is 0 Å². The molecule has 0 radical (unpaired) electrons. The number of pyridine rings is 1. The van der Waals surface area contributed by atoms with E-state index in [-0.39, 0.29) is 0 Å². The molecule has 0 aliphatic rings. The molecular formula is C15H22N6S. The Morgan fingerprint density at radius 3 is 2.68 bits per heavy atom. The number of aryl methyl sites for hydroxylation is 1. The minimum atomic E-state index is 0.413. The van der Waals surface area contributed by atoms with Gasteiger partial charge in [0.25, 0.3) is 0 Å². The maximum Gasteiger partial charge on any atom is 0.191 e. The van der Waals surface area contributed by atoms with Crippen LogP contribution in [0.15, 0.2) is 23.3 Å². The summed E-state index contributed by atoms with van der Waals surface area (Å²) in [5.74, 6) is 1.14. The number of rotatable bonds is 5. The molecule has 2 rings (SSSR count). The lowest BCUT2D eigenvalue weighted by Crippen LogP contribution is -2.36. The minimum Gasteiger partial charge on any atom is -0.351 e. The minimum absolute atomic E-state index is 0.413. The van der Waals surface area contributed by atoms with Crippen molar-refractivity contribution in [2.45, 2.75) is 39.8 Å². The highest BCUT2D eigenvalue weighted by Crippen LogP contribution is 2.18. The summed E-state index contributed by atoms with van der Waals surface area (Å²) in [6.45, 7) is 7.54. The number of aromatic nitrogens is 3. The quantitative estimate of drug-likeness (QED) is 0.653. The molecule has 2 heterocycles. The molecule has 0 saturated carbocycles. The highest BCUT2D eigenvalue weighted by Gasteiger charge is 2.08. The molecule has 0 fully saturated rings. The number of nitrogens with one attached hydrogen (secondary N) is 2. The first kappa shape index (κ1) is 16.4. The summed E-state index contributed by atoms with van der Waals surface area (Å²) >= 11 is 1.63. The molecule has 6 nitrogen and oxygen atoms in total. The van der Waals surface area contributed by atoms with Crippen molar-refractivity contribution in [3.8, 4) is 0 Å². The van der Waals surface area contributed by atoms with Crippen LogP contribution < -0.4 is 10.6 Å². The molecular weight excluding hydrogens is 296 g/mol. The van der Waals surface area contributed by atoms with Gasteiger partial charge in [0.05, 0.1) is 18.8 Å². The van der Waals surface area contributed by atoms with Crippen LogP contribution in [0.1, 0.15) is 41.0 Å². The first-order valence-electron chi connectivity index (χ1n) is 7.27. The van der Waals surface area contributed by atoms with E-state index in [4.69, 9.17) is 0 Å². The molecule has 0 spiro atoms. The molecule has 0 atom stereocenters. The Kier molecular flexibility index (Phi) is 5.83. The zero-order chi connectivity index (χ0) is 15.9. The third-order valence-corrected chi connectivity index (χ3v) is 4.37. The first-order chi connectivity index (χ1) is 10.6. The van der Waals surface area contributed by atoms with E-state index in [9.17, 15) is 0 Å². The van der Waals surface area contributed by atoms with Crippen molar-refractivity contribution >= 4 is 17.3 Å². The van der Waals surface area contributed by atoms with Crippen LogP contribution in [0.4, 0.5) is 0 Å². The van der Waals surface area contributed by atoms with E-state index in [1.165, 1.54) is 0 Å². The van der Waals surface area contributed by atoms with Gasteiger partial charge in [-0.05, 0) is 18.6 Å². The second-order valence-corrected chi connectivity index (χ2v) is 6.33. The van der Waals surface area contributed by atoms with Gasteiger partial charge in [-0.2, -0.15) is 0 Å². The molecule has 0 unspecified atom stereocenters. The SMILES string of the molecule is CN=C(NCc1nnc(C(C)C)s1)NCc1ncccc1C. The smallest absolute Gasteiger partial charge is 0.191 e. The maximum atomic E-state index is 4.36. The Morgan fingerprint density at radius 2 is 2.05 bits per heavy atom. The van der Waals surface area contributed by atoms with E-state index in [0.717, 1.165) is 27.2 Å². The average molecular weight is 318 g/mol. The number of hydrogen-bond donors (Lipinski definition) is 2. The predicted molar refractivity (Wildman–Crippen MR) is 90.0 cm³/mol. The average Bonchev–Trinajstić information content (AvgIpc) is 2.98. The van der Waals surface area contributed by atoms with Gasteiger partial charge in [-0.1, -0.05) is 31.3 Å². The molecule has 2 aromatic heterocycles. The van der Waals surface area contributed by atoms with Gasteiger partial charge in [-0.25, -0.2) is 0 Å². The van der Waals surface area contributed by atoms with Crippen LogP contribution in [-0.2, 0) is 13.1 Å². The summed E-state index contributed by atoms with van der Waals surface area (Å²) in [5.41, 5.74) is 2.18. The van der Waals surface area contributed by atoms with Crippen molar-refractivity contribution in [2.75, 3.05) is 7.05 Å². The molecule has 0 saturated heterocycles. The Hall–Kier alpha value is -2.02. The van der Waals surface area contributed by atoms with Gasteiger partial charge in [0.2, 0.25) is 0 Å². The summed E-state index contributed by atoms with van der Waals surface area (Å²) in [6.07, 6.45) is 1.80. The molecule has 118 valence electrons. The van der Waals surface area contributed by atoms with Crippen LogP contribution >= 0.6 is 11.3 Å². The van der Waals surface area contributed by atoms with Crippen molar-refractivity contribution in [1.82, 2.24) is 25.8 Å². The molecule has 0 aliphatic heterocycles. The van der Waals surface area contributed by atoms with E-state index < -0.39 is 0 Å². The molecule has 7 heteroatoms. The molecule has 0 bridgehead atoms. The molecule has 0 aliphatic carbocycles. The van der Waals surface area contributed by atoms with Gasteiger partial charge in [-0.15, -0.1) is 10.2 Å². The van der Waals surface area contributed by atoms with Crippen LogP contribution in [0.3, 0.4) is 0 Å². The normalized spacial score (nSPS) is 11.8. The summed E-state index contributed by atoms with van der Waals surface area (Å²) < 4.78 is 0. The number of hydrogen-bond acceptors (Lipinski definition) is 5. The number of aliphatic imine (C=N–C) groups is 1. The van der Waals surface area contributed by atoms with E-state index >= 15 is 0 Å². The lowest BCUT2D eigenvalue weighted by atomic mass is 10.2. The number of nitrogens with zero attached hydrogens (tertiary/aromatic N) is 4. The third-order valence-electron chi connectivity index (χ3n) is 3.15. The summed E-state index contributed by atoms with van der Waals surface area (Å²) in [5, 5.41) is 16.9. The topological polar surface area (TPSA) is 75.1 Å². The van der Waals surface area contributed by atoms with E-state index in [0.29, 0.717) is 19.0 Å². The monoisotopic (exact) mass is 318 g/mol. The van der Waals surface area contributed by atoms with Crippen molar-refractivity contribution in [3.05, 3.63) is 39.6 Å². The van der Waals surface area contributed by atoms with Gasteiger partial charge < -0.3 is 10.6 Å². The largest absolute Gasteiger partial charge is 0.351 e. The van der Waals surface area contributed by atoms with Crippen molar-refractivity contribution < 1.29 is 0 Å².